The zero-order chi connectivity index (χ0) is 29.6. The molecule has 7 nitrogen and oxygen atoms in total. The summed E-state index contributed by atoms with van der Waals surface area (Å²) in [4.78, 5) is 34.0. The van der Waals surface area contributed by atoms with Crippen LogP contribution < -0.4 is 15.6 Å². The lowest BCUT2D eigenvalue weighted by atomic mass is 10.1. The minimum atomic E-state index is -4.48. The van der Waals surface area contributed by atoms with Crippen LogP contribution in [0.25, 0.3) is 16.6 Å². The molecule has 1 N–H and O–H groups in total. The van der Waals surface area contributed by atoms with Gasteiger partial charge in [-0.2, -0.15) is 13.2 Å². The molecule has 0 aliphatic carbocycles. The Morgan fingerprint density at radius 2 is 1.68 bits per heavy atom. The number of carbonyl (C=O) groups is 1. The Hall–Kier alpha value is -4.34. The van der Waals surface area contributed by atoms with E-state index in [1.54, 1.807) is 54.3 Å². The molecule has 0 spiro atoms. The van der Waals surface area contributed by atoms with Gasteiger partial charge in [0.2, 0.25) is 0 Å². The summed E-state index contributed by atoms with van der Waals surface area (Å²) in [6.07, 6.45) is -2.01. The standard InChI is InChI=1S/C31H33F3N4O3/c1-4-6-11-20-37(30(40)35-23-18-16-22(17-19-23)31(32,33)34)21(3)28-36-25-13-8-7-12-24(25)29(39)38(28)26-14-9-10-15-27(26)41-5-2/h7-10,12-19,21H,4-6,11,20H2,1-3H3,(H,35,40). The van der Waals surface area contributed by atoms with Crippen LogP contribution in [0.5, 0.6) is 5.75 Å². The number of halogens is 3. The number of carbonyl (C=O) groups excluding carboxylic acids is 1. The molecule has 0 aliphatic heterocycles. The summed E-state index contributed by atoms with van der Waals surface area (Å²) in [6.45, 7) is 6.41. The van der Waals surface area contributed by atoms with Crippen LogP contribution in [0.2, 0.25) is 0 Å². The van der Waals surface area contributed by atoms with E-state index in [4.69, 9.17) is 9.72 Å². The molecule has 0 fully saturated rings. The zero-order valence-corrected chi connectivity index (χ0v) is 23.2. The van der Waals surface area contributed by atoms with Gasteiger partial charge in [0.25, 0.3) is 5.56 Å². The number of alkyl halides is 3. The Morgan fingerprint density at radius 3 is 2.37 bits per heavy atom. The Labute approximate surface area is 236 Å². The number of aromatic nitrogens is 2. The number of anilines is 1. The van der Waals surface area contributed by atoms with Crippen LogP contribution in [0, 0.1) is 0 Å². The van der Waals surface area contributed by atoms with Gasteiger partial charge in [0.1, 0.15) is 11.6 Å². The number of unbranched alkanes of at least 4 members (excludes halogenated alkanes) is 2. The second-order valence-electron chi connectivity index (χ2n) is 9.61. The predicted molar refractivity (Wildman–Crippen MR) is 154 cm³/mol. The number of para-hydroxylation sites is 3. The summed E-state index contributed by atoms with van der Waals surface area (Å²) in [5, 5.41) is 3.14. The van der Waals surface area contributed by atoms with Gasteiger partial charge in [-0.25, -0.2) is 9.78 Å². The van der Waals surface area contributed by atoms with Crippen LogP contribution in [-0.4, -0.2) is 33.6 Å². The molecular formula is C31H33F3N4O3. The van der Waals surface area contributed by atoms with Gasteiger partial charge in [-0.1, -0.05) is 44.0 Å². The summed E-state index contributed by atoms with van der Waals surface area (Å²) >= 11 is 0. The molecule has 0 saturated carbocycles. The van der Waals surface area contributed by atoms with Crippen molar-refractivity contribution in [2.24, 2.45) is 0 Å². The van der Waals surface area contributed by atoms with Crippen molar-refractivity contribution >= 4 is 22.6 Å². The molecule has 41 heavy (non-hydrogen) atoms. The van der Waals surface area contributed by atoms with Crippen LogP contribution in [-0.2, 0) is 6.18 Å². The van der Waals surface area contributed by atoms with Gasteiger partial charge < -0.3 is 15.0 Å². The lowest BCUT2D eigenvalue weighted by Crippen LogP contribution is -2.40. The fourth-order valence-electron chi connectivity index (χ4n) is 4.66. The van der Waals surface area contributed by atoms with E-state index in [1.165, 1.54) is 16.7 Å². The van der Waals surface area contributed by atoms with Gasteiger partial charge in [0.05, 0.1) is 34.8 Å². The Kier molecular flexibility index (Phi) is 9.31. The van der Waals surface area contributed by atoms with Crippen molar-refractivity contribution < 1.29 is 22.7 Å². The molecule has 4 aromatic rings. The van der Waals surface area contributed by atoms with E-state index in [1.807, 2.05) is 19.9 Å². The first-order chi connectivity index (χ1) is 19.7. The number of amides is 2. The quantitative estimate of drug-likeness (QED) is 0.201. The van der Waals surface area contributed by atoms with E-state index < -0.39 is 23.8 Å². The highest BCUT2D eigenvalue weighted by molar-refractivity contribution is 5.89. The highest BCUT2D eigenvalue weighted by Crippen LogP contribution is 2.31. The number of hydrogen-bond donors (Lipinski definition) is 1. The van der Waals surface area contributed by atoms with Crippen molar-refractivity contribution in [3.05, 3.63) is 94.5 Å². The van der Waals surface area contributed by atoms with Crippen LogP contribution >= 0.6 is 0 Å². The molecule has 0 bridgehead atoms. The Balaban J connectivity index is 1.80. The highest BCUT2D eigenvalue weighted by atomic mass is 19.4. The Morgan fingerprint density at radius 1 is 1.00 bits per heavy atom. The van der Waals surface area contributed by atoms with Gasteiger partial charge in [-0.05, 0) is 68.8 Å². The van der Waals surface area contributed by atoms with Crippen molar-refractivity contribution in [1.29, 1.82) is 0 Å². The average molecular weight is 567 g/mol. The molecule has 2 amide bonds. The summed E-state index contributed by atoms with van der Waals surface area (Å²) in [6, 6.07) is 17.2. The fraction of sp³-hybridized carbons (Fsp3) is 0.323. The third-order valence-corrected chi connectivity index (χ3v) is 6.78. The number of ether oxygens (including phenoxy) is 1. The normalized spacial score (nSPS) is 12.2. The van der Waals surface area contributed by atoms with Crippen molar-refractivity contribution in [2.45, 2.75) is 52.3 Å². The SMILES string of the molecule is CCCCCN(C(=O)Nc1ccc(C(F)(F)F)cc1)C(C)c1nc2ccccc2c(=O)n1-c1ccccc1OCC. The van der Waals surface area contributed by atoms with Crippen molar-refractivity contribution in [3.8, 4) is 11.4 Å². The minimum Gasteiger partial charge on any atom is -0.492 e. The number of nitrogens with one attached hydrogen (secondary N) is 1. The molecule has 1 heterocycles. The monoisotopic (exact) mass is 566 g/mol. The molecule has 0 aliphatic rings. The van der Waals surface area contributed by atoms with E-state index in [-0.39, 0.29) is 11.2 Å². The van der Waals surface area contributed by atoms with Crippen LogP contribution in [0.15, 0.2) is 77.6 Å². The minimum absolute atomic E-state index is 0.223. The molecule has 1 aromatic heterocycles. The Bertz CT molecular complexity index is 1550. The number of fused-ring (bicyclic) bond motifs is 1. The molecule has 10 heteroatoms. The molecule has 0 radical (unpaired) electrons. The lowest BCUT2D eigenvalue weighted by molar-refractivity contribution is -0.137. The molecule has 216 valence electrons. The van der Waals surface area contributed by atoms with E-state index in [0.717, 1.165) is 25.0 Å². The topological polar surface area (TPSA) is 76.5 Å². The first-order valence-electron chi connectivity index (χ1n) is 13.6. The van der Waals surface area contributed by atoms with Gasteiger partial charge in [0, 0.05) is 12.2 Å². The van der Waals surface area contributed by atoms with E-state index >= 15 is 0 Å². The van der Waals surface area contributed by atoms with Crippen molar-refractivity contribution in [2.75, 3.05) is 18.5 Å². The maximum atomic E-state index is 13.9. The maximum Gasteiger partial charge on any atom is 0.416 e. The lowest BCUT2D eigenvalue weighted by Gasteiger charge is -2.31. The smallest absolute Gasteiger partial charge is 0.416 e. The third-order valence-electron chi connectivity index (χ3n) is 6.78. The van der Waals surface area contributed by atoms with Crippen molar-refractivity contribution in [3.63, 3.8) is 0 Å². The predicted octanol–water partition coefficient (Wildman–Crippen LogP) is 7.59. The molecule has 1 unspecified atom stereocenters. The number of urea groups is 1. The number of rotatable bonds is 10. The second kappa shape index (κ2) is 12.9. The average Bonchev–Trinajstić information content (AvgIpc) is 2.95. The summed E-state index contributed by atoms with van der Waals surface area (Å²) in [7, 11) is 0. The summed E-state index contributed by atoms with van der Waals surface area (Å²) < 4.78 is 46.4. The van der Waals surface area contributed by atoms with Crippen LogP contribution in [0.3, 0.4) is 0 Å². The second-order valence-corrected chi connectivity index (χ2v) is 9.61. The number of nitrogens with zero attached hydrogens (tertiary/aromatic N) is 3. The molecule has 1 atom stereocenters. The van der Waals surface area contributed by atoms with Gasteiger partial charge >= 0.3 is 12.2 Å². The first-order valence-corrected chi connectivity index (χ1v) is 13.6. The zero-order valence-electron chi connectivity index (χ0n) is 23.2. The fourth-order valence-corrected chi connectivity index (χ4v) is 4.66. The van der Waals surface area contributed by atoms with Gasteiger partial charge in [0.15, 0.2) is 0 Å². The number of benzene rings is 3. The van der Waals surface area contributed by atoms with E-state index in [2.05, 4.69) is 5.32 Å². The first kappa shape index (κ1) is 29.6. The van der Waals surface area contributed by atoms with Crippen molar-refractivity contribution in [1.82, 2.24) is 14.5 Å². The maximum absolute atomic E-state index is 13.9. The van der Waals surface area contributed by atoms with E-state index in [9.17, 15) is 22.8 Å². The molecular weight excluding hydrogens is 533 g/mol. The van der Waals surface area contributed by atoms with Gasteiger partial charge in [-0.3, -0.25) is 9.36 Å². The highest BCUT2D eigenvalue weighted by Gasteiger charge is 2.31. The van der Waals surface area contributed by atoms with Crippen LogP contribution in [0.1, 0.15) is 57.5 Å². The molecule has 3 aromatic carbocycles. The molecule has 4 rings (SSSR count). The summed E-state index contributed by atoms with van der Waals surface area (Å²) in [5.74, 6) is 0.828. The largest absolute Gasteiger partial charge is 0.492 e. The summed E-state index contributed by atoms with van der Waals surface area (Å²) in [5.41, 5.74) is 0.0979. The third kappa shape index (κ3) is 6.70. The van der Waals surface area contributed by atoms with Crippen LogP contribution in [0.4, 0.5) is 23.7 Å². The molecule has 0 saturated heterocycles. The van der Waals surface area contributed by atoms with Gasteiger partial charge in [-0.15, -0.1) is 0 Å². The number of hydrogen-bond acceptors (Lipinski definition) is 4. The van der Waals surface area contributed by atoms with E-state index in [0.29, 0.717) is 47.7 Å².